The van der Waals surface area contributed by atoms with Crippen LogP contribution in [-0.4, -0.2) is 84.6 Å². The maximum atomic E-state index is 17.0. The Hall–Kier alpha value is -3.67. The molecule has 4 aromatic rings. The molecule has 3 aromatic carbocycles. The molecule has 4 atom stereocenters. The molecule has 5 heterocycles. The molecule has 0 amide bonds. The molecule has 3 unspecified atom stereocenters. The minimum absolute atomic E-state index is 0.000262. The van der Waals surface area contributed by atoms with E-state index in [0.717, 1.165) is 58.5 Å². The van der Waals surface area contributed by atoms with Crippen LogP contribution in [0.5, 0.6) is 11.8 Å². The van der Waals surface area contributed by atoms with E-state index in [1.54, 1.807) is 6.92 Å². The Morgan fingerprint density at radius 3 is 2.44 bits per heavy atom. The molecular weight excluding hydrogens is 619 g/mol. The molecule has 0 radical (unpaired) electrons. The predicted octanol–water partition coefficient (Wildman–Crippen LogP) is 5.81. The Labute approximate surface area is 277 Å². The van der Waals surface area contributed by atoms with Gasteiger partial charge in [0, 0.05) is 67.4 Å². The number of aromatic nitrogens is 2. The fraction of sp³-hybridized carbons (Fsp3) is 0.514. The molecule has 252 valence electrons. The molecule has 2 N–H and O–H groups in total. The van der Waals surface area contributed by atoms with Gasteiger partial charge >= 0.3 is 6.01 Å². The standard InChI is InChI=1S/C37H40F3N5O3/c1-2-26-29(38)6-3-20-9-25(46)10-27(31(20)26)32-30(39)11-28-34(33(32)40)42-36(43-35(28)45-14-23-4-5-24(15-45)41-23)48-19-37(7-8-37)18-44-12-21-16-47-17-22(21)13-44/h3,6,9-11,21-24,41,46H,2,4-5,7-8,12-19H2,1H3/t21-,22?,23?,24?/m0/s1. The zero-order valence-electron chi connectivity index (χ0n) is 27.1. The van der Waals surface area contributed by atoms with Crippen LogP contribution < -0.4 is 15.0 Å². The molecule has 1 saturated carbocycles. The number of piperazine rings is 1. The van der Waals surface area contributed by atoms with Crippen LogP contribution in [0.3, 0.4) is 0 Å². The number of phenolic OH excluding ortho intramolecular Hbond substituents is 1. The summed E-state index contributed by atoms with van der Waals surface area (Å²) in [5.74, 6) is -0.684. The average molecular weight is 660 g/mol. The molecule has 11 heteroatoms. The normalized spacial score (nSPS) is 26.1. The zero-order valence-corrected chi connectivity index (χ0v) is 27.1. The van der Waals surface area contributed by atoms with Gasteiger partial charge in [-0.3, -0.25) is 0 Å². The first-order chi connectivity index (χ1) is 23.3. The number of rotatable bonds is 8. The summed E-state index contributed by atoms with van der Waals surface area (Å²) in [7, 11) is 0. The Morgan fingerprint density at radius 2 is 1.73 bits per heavy atom. The first-order valence-corrected chi connectivity index (χ1v) is 17.4. The Bertz CT molecular complexity index is 1910. The van der Waals surface area contributed by atoms with E-state index in [4.69, 9.17) is 14.5 Å². The number of ether oxygens (including phenoxy) is 2. The molecular formula is C37H40F3N5O3. The number of benzene rings is 3. The maximum absolute atomic E-state index is 17.0. The summed E-state index contributed by atoms with van der Waals surface area (Å²) in [6.45, 7) is 8.24. The summed E-state index contributed by atoms with van der Waals surface area (Å²) in [6, 6.07) is 7.52. The van der Waals surface area contributed by atoms with Crippen LogP contribution >= 0.6 is 0 Å². The largest absolute Gasteiger partial charge is 0.508 e. The molecule has 0 spiro atoms. The number of nitrogens with one attached hydrogen (secondary N) is 1. The van der Waals surface area contributed by atoms with Crippen LogP contribution in [0.2, 0.25) is 0 Å². The van der Waals surface area contributed by atoms with E-state index in [9.17, 15) is 5.11 Å². The fourth-order valence-corrected chi connectivity index (χ4v) is 8.86. The lowest BCUT2D eigenvalue weighted by Crippen LogP contribution is -2.51. The minimum atomic E-state index is -0.887. The molecule has 48 heavy (non-hydrogen) atoms. The van der Waals surface area contributed by atoms with Gasteiger partial charge in [0.15, 0.2) is 5.82 Å². The van der Waals surface area contributed by atoms with Gasteiger partial charge in [0.1, 0.15) is 28.7 Å². The van der Waals surface area contributed by atoms with Gasteiger partial charge in [-0.15, -0.1) is 0 Å². The van der Waals surface area contributed by atoms with Crippen LogP contribution in [-0.2, 0) is 11.2 Å². The number of likely N-dealkylation sites (tertiary alicyclic amines) is 1. The fourth-order valence-electron chi connectivity index (χ4n) is 8.86. The highest BCUT2D eigenvalue weighted by molar-refractivity contribution is 6.03. The lowest BCUT2D eigenvalue weighted by atomic mass is 9.91. The van der Waals surface area contributed by atoms with Crippen molar-refractivity contribution >= 4 is 27.5 Å². The summed E-state index contributed by atoms with van der Waals surface area (Å²) in [6.07, 6.45) is 4.47. The van der Waals surface area contributed by atoms with E-state index < -0.39 is 17.5 Å². The summed E-state index contributed by atoms with van der Waals surface area (Å²) in [4.78, 5) is 14.1. The number of nitrogens with zero attached hydrogens (tertiary/aromatic N) is 4. The van der Waals surface area contributed by atoms with Gasteiger partial charge in [-0.2, -0.15) is 9.97 Å². The van der Waals surface area contributed by atoms with Crippen LogP contribution in [0.1, 0.15) is 38.2 Å². The van der Waals surface area contributed by atoms with Crippen LogP contribution in [0, 0.1) is 34.7 Å². The van der Waals surface area contributed by atoms with Crippen LogP contribution in [0.15, 0.2) is 30.3 Å². The second-order valence-corrected chi connectivity index (χ2v) is 14.8. The van der Waals surface area contributed by atoms with Gasteiger partial charge in [-0.25, -0.2) is 13.2 Å². The number of hydrogen-bond donors (Lipinski definition) is 2. The molecule has 2 bridgehead atoms. The summed E-state index contributed by atoms with van der Waals surface area (Å²) >= 11 is 0. The molecule has 1 aromatic heterocycles. The Balaban J connectivity index is 1.12. The highest BCUT2D eigenvalue weighted by Gasteiger charge is 2.48. The Morgan fingerprint density at radius 1 is 0.979 bits per heavy atom. The number of phenols is 1. The summed E-state index contributed by atoms with van der Waals surface area (Å²) in [5.41, 5.74) is -0.00477. The number of anilines is 1. The van der Waals surface area contributed by atoms with Crippen molar-refractivity contribution in [3.8, 4) is 22.9 Å². The molecule has 4 saturated heterocycles. The number of aryl methyl sites for hydroxylation is 1. The second-order valence-electron chi connectivity index (χ2n) is 14.8. The second kappa shape index (κ2) is 11.5. The molecule has 9 rings (SSSR count). The number of aromatic hydroxyl groups is 1. The number of halogens is 3. The van der Waals surface area contributed by atoms with Gasteiger partial charge in [0.2, 0.25) is 0 Å². The van der Waals surface area contributed by atoms with Gasteiger partial charge < -0.3 is 29.7 Å². The van der Waals surface area contributed by atoms with Crippen molar-refractivity contribution in [2.45, 2.75) is 51.1 Å². The van der Waals surface area contributed by atoms with E-state index >= 15 is 13.2 Å². The molecule has 8 nitrogen and oxygen atoms in total. The third-order valence-electron chi connectivity index (χ3n) is 11.5. The average Bonchev–Trinajstić information content (AvgIpc) is 3.31. The van der Waals surface area contributed by atoms with Crippen molar-refractivity contribution in [1.82, 2.24) is 20.2 Å². The smallest absolute Gasteiger partial charge is 0.319 e. The van der Waals surface area contributed by atoms with E-state index in [0.29, 0.717) is 60.1 Å². The van der Waals surface area contributed by atoms with Gasteiger partial charge in [0.05, 0.1) is 25.4 Å². The molecule has 1 aliphatic carbocycles. The summed E-state index contributed by atoms with van der Waals surface area (Å²) in [5, 5.41) is 15.3. The predicted molar refractivity (Wildman–Crippen MR) is 177 cm³/mol. The number of fused-ring (bicyclic) bond motifs is 5. The van der Waals surface area contributed by atoms with Gasteiger partial charge in [0.25, 0.3) is 0 Å². The highest BCUT2D eigenvalue weighted by Crippen LogP contribution is 2.48. The van der Waals surface area contributed by atoms with Crippen LogP contribution in [0.4, 0.5) is 19.0 Å². The van der Waals surface area contributed by atoms with Crippen LogP contribution in [0.25, 0.3) is 32.8 Å². The third-order valence-corrected chi connectivity index (χ3v) is 11.5. The minimum Gasteiger partial charge on any atom is -0.508 e. The molecule has 5 aliphatic rings. The third kappa shape index (κ3) is 5.16. The monoisotopic (exact) mass is 659 g/mol. The summed E-state index contributed by atoms with van der Waals surface area (Å²) < 4.78 is 60.3. The Kier molecular flexibility index (Phi) is 7.25. The van der Waals surface area contributed by atoms with Crippen molar-refractivity contribution in [2.75, 3.05) is 57.4 Å². The van der Waals surface area contributed by atoms with Gasteiger partial charge in [-0.1, -0.05) is 13.0 Å². The van der Waals surface area contributed by atoms with Crippen molar-refractivity contribution in [3.05, 3.63) is 53.3 Å². The topological polar surface area (TPSA) is 83.0 Å². The lowest BCUT2D eigenvalue weighted by molar-refractivity contribution is 0.131. The SMILES string of the molecule is CCc1c(F)ccc2cc(O)cc(-c3c(F)cc4c(N5CC6CCC(C5)N6)nc(OCC5(CN6CC7COC[C@@H]7C6)CC5)nc4c3F)c12. The zero-order chi connectivity index (χ0) is 32.7. The first kappa shape index (κ1) is 30.4. The highest BCUT2D eigenvalue weighted by atomic mass is 19.1. The first-order valence-electron chi connectivity index (χ1n) is 17.4. The van der Waals surface area contributed by atoms with Crippen molar-refractivity contribution in [1.29, 1.82) is 0 Å². The number of hydrogen-bond acceptors (Lipinski definition) is 8. The van der Waals surface area contributed by atoms with Crippen molar-refractivity contribution in [2.24, 2.45) is 17.3 Å². The molecule has 4 aliphatic heterocycles. The van der Waals surface area contributed by atoms with E-state index in [1.807, 2.05) is 0 Å². The van der Waals surface area contributed by atoms with Crippen molar-refractivity contribution in [3.63, 3.8) is 0 Å². The lowest BCUT2D eigenvalue weighted by Gasteiger charge is -2.34. The van der Waals surface area contributed by atoms with E-state index in [-0.39, 0.29) is 51.3 Å². The maximum Gasteiger partial charge on any atom is 0.319 e. The van der Waals surface area contributed by atoms with Crippen molar-refractivity contribution < 1.29 is 27.8 Å². The molecule has 5 fully saturated rings. The van der Waals surface area contributed by atoms with Gasteiger partial charge in [-0.05, 0) is 78.3 Å². The van der Waals surface area contributed by atoms with E-state index in [2.05, 4.69) is 20.1 Å². The quantitative estimate of drug-likeness (QED) is 0.245. The van der Waals surface area contributed by atoms with E-state index in [1.165, 1.54) is 30.3 Å².